The summed E-state index contributed by atoms with van der Waals surface area (Å²) in [6.07, 6.45) is 4.73. The number of ether oxygens (including phenoxy) is 6. The number of carbonyl (C=O) groups is 1. The van der Waals surface area contributed by atoms with Crippen molar-refractivity contribution in [1.82, 2.24) is 5.32 Å². The van der Waals surface area contributed by atoms with Gasteiger partial charge in [-0.3, -0.25) is 4.79 Å². The van der Waals surface area contributed by atoms with E-state index in [0.29, 0.717) is 12.8 Å². The van der Waals surface area contributed by atoms with Crippen LogP contribution in [0.15, 0.2) is 24.3 Å². The second-order valence-corrected chi connectivity index (χ2v) is 19.0. The summed E-state index contributed by atoms with van der Waals surface area (Å²) in [5.41, 5.74) is 0. The predicted molar refractivity (Wildman–Crippen MR) is 254 cm³/mol. The van der Waals surface area contributed by atoms with E-state index in [1.165, 1.54) is 38.5 Å². The molecule has 404 valence electrons. The van der Waals surface area contributed by atoms with Gasteiger partial charge >= 0.3 is 0 Å². The van der Waals surface area contributed by atoms with Crippen molar-refractivity contribution in [2.75, 3.05) is 26.4 Å². The first-order chi connectivity index (χ1) is 33.3. The molecular formula is C50H91NO18. The molecule has 0 aromatic carbocycles. The molecule has 3 aliphatic rings. The fourth-order valence-electron chi connectivity index (χ4n) is 8.87. The van der Waals surface area contributed by atoms with Crippen molar-refractivity contribution in [3.8, 4) is 0 Å². The predicted octanol–water partition coefficient (Wildman–Crippen LogP) is 2.03. The monoisotopic (exact) mass is 994 g/mol. The number of amides is 1. The highest BCUT2D eigenvalue weighted by molar-refractivity contribution is 5.76. The highest BCUT2D eigenvalue weighted by atomic mass is 16.8. The van der Waals surface area contributed by atoms with Gasteiger partial charge in [0.15, 0.2) is 18.9 Å². The van der Waals surface area contributed by atoms with Crippen LogP contribution in [0.1, 0.15) is 155 Å². The first kappa shape index (κ1) is 61.6. The molecule has 3 heterocycles. The molecule has 3 fully saturated rings. The molecule has 0 aromatic heterocycles. The highest BCUT2D eigenvalue weighted by Crippen LogP contribution is 2.33. The minimum Gasteiger partial charge on any atom is -0.394 e. The first-order valence-corrected chi connectivity index (χ1v) is 26.1. The Bertz CT molecular complexity index is 1380. The van der Waals surface area contributed by atoms with Gasteiger partial charge in [0.2, 0.25) is 5.91 Å². The van der Waals surface area contributed by atoms with Gasteiger partial charge in [-0.15, -0.1) is 0 Å². The van der Waals surface area contributed by atoms with Crippen molar-refractivity contribution < 1.29 is 89.4 Å². The zero-order valence-electron chi connectivity index (χ0n) is 41.3. The number of carbonyl (C=O) groups excluding carboxylic acids is 1. The van der Waals surface area contributed by atoms with Crippen molar-refractivity contribution in [3.63, 3.8) is 0 Å². The molecule has 3 rings (SSSR count). The highest BCUT2D eigenvalue weighted by Gasteiger charge is 2.53. The Morgan fingerprint density at radius 1 is 0.522 bits per heavy atom. The van der Waals surface area contributed by atoms with Crippen molar-refractivity contribution in [1.29, 1.82) is 0 Å². The molecule has 19 nitrogen and oxygen atoms in total. The number of hydrogen-bond donors (Lipinski definition) is 12. The maximum atomic E-state index is 13.2. The lowest BCUT2D eigenvalue weighted by molar-refractivity contribution is -0.379. The topological polar surface area (TPSA) is 307 Å². The quantitative estimate of drug-likeness (QED) is 0.0316. The van der Waals surface area contributed by atoms with E-state index >= 15 is 0 Å². The fraction of sp³-hybridized carbons (Fsp3) is 0.900. The van der Waals surface area contributed by atoms with E-state index in [1.54, 1.807) is 0 Å². The van der Waals surface area contributed by atoms with E-state index in [2.05, 4.69) is 43.5 Å². The summed E-state index contributed by atoms with van der Waals surface area (Å²) in [4.78, 5) is 13.2. The molecular weight excluding hydrogens is 903 g/mol. The molecule has 0 aliphatic carbocycles. The smallest absolute Gasteiger partial charge is 0.220 e. The van der Waals surface area contributed by atoms with Crippen LogP contribution in [0.25, 0.3) is 0 Å². The van der Waals surface area contributed by atoms with Gasteiger partial charge in [0, 0.05) is 6.42 Å². The lowest BCUT2D eigenvalue weighted by Gasteiger charge is -2.48. The van der Waals surface area contributed by atoms with E-state index in [1.807, 2.05) is 0 Å². The Labute approximate surface area is 409 Å². The van der Waals surface area contributed by atoms with Crippen LogP contribution in [0.5, 0.6) is 0 Å². The molecule has 0 radical (unpaired) electrons. The molecule has 0 bridgehead atoms. The normalized spacial score (nSPS) is 33.0. The third-order valence-electron chi connectivity index (χ3n) is 13.3. The number of aliphatic hydroxyl groups excluding tert-OH is 11. The number of allylic oxidation sites excluding steroid dienone is 4. The van der Waals surface area contributed by atoms with Gasteiger partial charge in [-0.2, -0.15) is 0 Å². The molecule has 69 heavy (non-hydrogen) atoms. The maximum Gasteiger partial charge on any atom is 0.220 e. The van der Waals surface area contributed by atoms with Gasteiger partial charge in [0.1, 0.15) is 73.2 Å². The number of unbranched alkanes of at least 4 members (excludes halogenated alkanes) is 16. The molecule has 0 spiro atoms. The van der Waals surface area contributed by atoms with Gasteiger partial charge in [-0.25, -0.2) is 0 Å². The van der Waals surface area contributed by atoms with E-state index in [-0.39, 0.29) is 18.9 Å². The zero-order chi connectivity index (χ0) is 50.6. The summed E-state index contributed by atoms with van der Waals surface area (Å²) < 4.78 is 34.1. The van der Waals surface area contributed by atoms with Gasteiger partial charge < -0.3 is 89.9 Å². The standard InChI is InChI=1S/C50H91NO18/c1-3-5-7-9-11-12-13-14-15-16-17-18-19-20-21-22-24-26-28-38(56)51-33(34(55)27-25-23-10-8-6-4-2)32-64-48-44(62)41(59)46(36(30-53)66-48)69-50-45(63)42(60)47(37(31-54)67-50)68-49-43(61)40(58)39(57)35(29-52)65-49/h12-13,15-16,33-37,39-50,52-55,57-63H,3-11,14,17-32H2,1-2H3,(H,51,56)/b13-12-,16-15-. The summed E-state index contributed by atoms with van der Waals surface area (Å²) in [5, 5.41) is 119. The molecule has 19 heteroatoms. The Kier molecular flexibility index (Phi) is 31.6. The minimum atomic E-state index is -1.97. The SMILES string of the molecule is CCCCCC/C=C\C/C=C\CCCCCCCCCC(=O)NC(COC1OC(CO)C(OC2OC(CO)C(OC3OC(CO)C(O)C(O)C3O)C(O)C2O)C(O)C1O)C(O)CCCCCCCC. The summed E-state index contributed by atoms with van der Waals surface area (Å²) in [6.45, 7) is 1.65. The lowest BCUT2D eigenvalue weighted by Crippen LogP contribution is -2.66. The van der Waals surface area contributed by atoms with Crippen molar-refractivity contribution in [3.05, 3.63) is 24.3 Å². The summed E-state index contributed by atoms with van der Waals surface area (Å²) >= 11 is 0. The van der Waals surface area contributed by atoms with Crippen LogP contribution in [-0.2, 0) is 33.2 Å². The summed E-state index contributed by atoms with van der Waals surface area (Å²) in [5.74, 6) is -0.259. The van der Waals surface area contributed by atoms with Crippen molar-refractivity contribution in [2.24, 2.45) is 0 Å². The Morgan fingerprint density at radius 3 is 1.49 bits per heavy atom. The molecule has 12 N–H and O–H groups in total. The van der Waals surface area contributed by atoms with E-state index in [0.717, 1.165) is 83.5 Å². The molecule has 0 aromatic rings. The number of aliphatic hydroxyl groups is 11. The third-order valence-corrected chi connectivity index (χ3v) is 13.3. The number of rotatable bonds is 36. The summed E-state index contributed by atoms with van der Waals surface area (Å²) in [6, 6.07) is -0.885. The Balaban J connectivity index is 1.49. The van der Waals surface area contributed by atoms with Gasteiger partial charge in [-0.05, 0) is 44.9 Å². The molecule has 1 amide bonds. The van der Waals surface area contributed by atoms with Crippen LogP contribution < -0.4 is 5.32 Å². The van der Waals surface area contributed by atoms with E-state index in [4.69, 9.17) is 28.4 Å². The molecule has 3 saturated heterocycles. The molecule has 0 saturated carbocycles. The van der Waals surface area contributed by atoms with Crippen LogP contribution in [0, 0.1) is 0 Å². The second-order valence-electron chi connectivity index (χ2n) is 19.0. The summed E-state index contributed by atoms with van der Waals surface area (Å²) in [7, 11) is 0. The van der Waals surface area contributed by atoms with E-state index in [9.17, 15) is 61.0 Å². The first-order valence-electron chi connectivity index (χ1n) is 26.1. The average molecular weight is 994 g/mol. The Hall–Kier alpha value is -1.73. The molecule has 3 aliphatic heterocycles. The maximum absolute atomic E-state index is 13.2. The zero-order valence-corrected chi connectivity index (χ0v) is 41.3. The molecule has 17 unspecified atom stereocenters. The van der Waals surface area contributed by atoms with Gasteiger partial charge in [-0.1, -0.05) is 128 Å². The van der Waals surface area contributed by atoms with Crippen LogP contribution >= 0.6 is 0 Å². The molecule has 17 atom stereocenters. The van der Waals surface area contributed by atoms with Crippen LogP contribution in [0.3, 0.4) is 0 Å². The van der Waals surface area contributed by atoms with E-state index < -0.39 is 124 Å². The number of nitrogens with one attached hydrogen (secondary N) is 1. The Morgan fingerprint density at radius 2 is 0.957 bits per heavy atom. The third kappa shape index (κ3) is 21.3. The number of hydrogen-bond acceptors (Lipinski definition) is 18. The minimum absolute atomic E-state index is 0.257. The van der Waals surface area contributed by atoms with Gasteiger partial charge in [0.05, 0.1) is 38.6 Å². The lowest BCUT2D eigenvalue weighted by atomic mass is 9.96. The fourth-order valence-corrected chi connectivity index (χ4v) is 8.87. The van der Waals surface area contributed by atoms with Crippen molar-refractivity contribution in [2.45, 2.75) is 259 Å². The van der Waals surface area contributed by atoms with Crippen molar-refractivity contribution >= 4 is 5.91 Å². The van der Waals surface area contributed by atoms with Crippen LogP contribution in [0.4, 0.5) is 0 Å². The second kappa shape index (κ2) is 35.4. The van der Waals surface area contributed by atoms with Crippen LogP contribution in [0.2, 0.25) is 0 Å². The average Bonchev–Trinajstić information content (AvgIpc) is 3.34. The largest absolute Gasteiger partial charge is 0.394 e. The van der Waals surface area contributed by atoms with Crippen LogP contribution in [-0.4, -0.2) is 193 Å². The van der Waals surface area contributed by atoms with Gasteiger partial charge in [0.25, 0.3) is 0 Å².